The largest absolute Gasteiger partial charge is 0.290 e. The molecule has 2 nitrogen and oxygen atoms in total. The molecule has 1 aliphatic heterocycles. The Morgan fingerprint density at radius 3 is 2.37 bits per heavy atom. The molecule has 0 aliphatic carbocycles. The van der Waals surface area contributed by atoms with Crippen LogP contribution in [0.1, 0.15) is 70.6 Å². The normalized spacial score (nSPS) is 17.7. The smallest absolute Gasteiger partial charge is 0.226 e. The molecule has 0 unspecified atom stereocenters. The Balaban J connectivity index is 2.11. The molecular formula is C25H33N2+. The van der Waals surface area contributed by atoms with Crippen molar-refractivity contribution in [3.63, 3.8) is 0 Å². The molecule has 4 rings (SSSR count). The molecule has 0 saturated heterocycles. The molecule has 0 bridgehead atoms. The van der Waals surface area contributed by atoms with E-state index in [9.17, 15) is 0 Å². The van der Waals surface area contributed by atoms with Gasteiger partial charge in [0.25, 0.3) is 5.82 Å². The molecular weight excluding hydrogens is 328 g/mol. The summed E-state index contributed by atoms with van der Waals surface area (Å²) in [6, 6.07) is 13.8. The third-order valence-electron chi connectivity index (χ3n) is 6.50. The zero-order valence-corrected chi connectivity index (χ0v) is 18.1. The van der Waals surface area contributed by atoms with Gasteiger partial charge in [-0.1, -0.05) is 52.0 Å². The summed E-state index contributed by atoms with van der Waals surface area (Å²) >= 11 is 0. The fourth-order valence-corrected chi connectivity index (χ4v) is 5.40. The molecule has 0 radical (unpaired) electrons. The first kappa shape index (κ1) is 18.3. The summed E-state index contributed by atoms with van der Waals surface area (Å²) in [6.07, 6.45) is 1.14. The highest BCUT2D eigenvalue weighted by atomic mass is 15.2. The summed E-state index contributed by atoms with van der Waals surface area (Å²) in [7, 11) is 2.22. The van der Waals surface area contributed by atoms with E-state index in [4.69, 9.17) is 0 Å². The van der Waals surface area contributed by atoms with Crippen LogP contribution in [0.25, 0.3) is 22.4 Å². The Labute approximate surface area is 163 Å². The predicted octanol–water partition coefficient (Wildman–Crippen LogP) is 5.98. The van der Waals surface area contributed by atoms with Crippen LogP contribution < -0.4 is 4.57 Å². The third kappa shape index (κ3) is 2.56. The number of rotatable bonds is 2. The van der Waals surface area contributed by atoms with Gasteiger partial charge in [0, 0.05) is 5.56 Å². The van der Waals surface area contributed by atoms with Gasteiger partial charge in [-0.05, 0) is 61.8 Å². The second kappa shape index (κ2) is 5.70. The van der Waals surface area contributed by atoms with Crippen molar-refractivity contribution in [1.82, 2.24) is 4.57 Å². The van der Waals surface area contributed by atoms with Crippen molar-refractivity contribution in [2.75, 3.05) is 0 Å². The van der Waals surface area contributed by atoms with Crippen LogP contribution in [0.5, 0.6) is 0 Å². The first-order valence-corrected chi connectivity index (χ1v) is 10.2. The van der Waals surface area contributed by atoms with E-state index in [2.05, 4.69) is 101 Å². The molecule has 2 heteroatoms. The fraction of sp³-hybridized carbons (Fsp3) is 0.480. The second-order valence-electron chi connectivity index (χ2n) is 9.99. The maximum atomic E-state index is 2.61. The zero-order chi connectivity index (χ0) is 19.7. The second-order valence-corrected chi connectivity index (χ2v) is 9.99. The third-order valence-corrected chi connectivity index (χ3v) is 6.50. The summed E-state index contributed by atoms with van der Waals surface area (Å²) in [4.78, 5) is 0. The van der Waals surface area contributed by atoms with Crippen LogP contribution >= 0.6 is 0 Å². The average molecular weight is 362 g/mol. The molecule has 1 aliphatic rings. The molecule has 27 heavy (non-hydrogen) atoms. The number of imidazole rings is 1. The van der Waals surface area contributed by atoms with Gasteiger partial charge in [0.2, 0.25) is 0 Å². The highest BCUT2D eigenvalue weighted by molar-refractivity contribution is 5.81. The van der Waals surface area contributed by atoms with E-state index < -0.39 is 0 Å². The minimum absolute atomic E-state index is 0.0653. The van der Waals surface area contributed by atoms with Gasteiger partial charge < -0.3 is 0 Å². The summed E-state index contributed by atoms with van der Waals surface area (Å²) in [5.74, 6) is 1.88. The zero-order valence-electron chi connectivity index (χ0n) is 18.1. The average Bonchev–Trinajstić information content (AvgIpc) is 2.86. The molecule has 3 aromatic rings. The van der Waals surface area contributed by atoms with E-state index in [0.29, 0.717) is 5.92 Å². The van der Waals surface area contributed by atoms with Gasteiger partial charge in [-0.15, -0.1) is 0 Å². The number of aromatic nitrogens is 2. The van der Waals surface area contributed by atoms with Crippen molar-refractivity contribution in [3.05, 3.63) is 53.1 Å². The Morgan fingerprint density at radius 1 is 1.04 bits per heavy atom. The molecule has 0 spiro atoms. The molecule has 2 aromatic carbocycles. The van der Waals surface area contributed by atoms with Gasteiger partial charge in [-0.3, -0.25) is 0 Å². The molecule has 0 fully saturated rings. The summed E-state index contributed by atoms with van der Waals surface area (Å²) in [6.45, 7) is 16.4. The number of para-hydroxylation sites is 1. The van der Waals surface area contributed by atoms with Crippen LogP contribution in [0.3, 0.4) is 0 Å². The summed E-state index contributed by atoms with van der Waals surface area (Å²) in [5.41, 5.74) is 8.56. The standard InChI is InChI=1S/C25H33N2/c1-16(2)18-12-13-19(17(3)14-18)23-26(8)21-11-9-10-20-22(21)27(23)25(6,7)15-24(20,4)5/h9-14,16H,15H2,1-8H3/q+1. The van der Waals surface area contributed by atoms with Gasteiger partial charge in [0.05, 0.1) is 12.6 Å². The predicted molar refractivity (Wildman–Crippen MR) is 114 cm³/mol. The molecule has 142 valence electrons. The lowest BCUT2D eigenvalue weighted by Gasteiger charge is -2.38. The van der Waals surface area contributed by atoms with Crippen molar-refractivity contribution in [2.45, 2.75) is 71.8 Å². The van der Waals surface area contributed by atoms with Gasteiger partial charge in [0.15, 0.2) is 11.0 Å². The van der Waals surface area contributed by atoms with Crippen molar-refractivity contribution >= 4 is 11.0 Å². The SMILES string of the molecule is Cc1cc(C(C)C)ccc1-c1n(C)c2cccc3c2[n+]1C(C)(C)CC3(C)C. The van der Waals surface area contributed by atoms with E-state index in [0.717, 1.165) is 6.42 Å². The van der Waals surface area contributed by atoms with Crippen molar-refractivity contribution in [3.8, 4) is 11.4 Å². The van der Waals surface area contributed by atoms with Gasteiger partial charge in [-0.25, -0.2) is 9.13 Å². The van der Waals surface area contributed by atoms with Crippen LogP contribution in [-0.4, -0.2) is 4.57 Å². The van der Waals surface area contributed by atoms with E-state index in [1.54, 1.807) is 0 Å². The lowest BCUT2D eigenvalue weighted by molar-refractivity contribution is -0.730. The lowest BCUT2D eigenvalue weighted by atomic mass is 9.71. The van der Waals surface area contributed by atoms with Crippen LogP contribution in [0.15, 0.2) is 36.4 Å². The molecule has 2 heterocycles. The highest BCUT2D eigenvalue weighted by Gasteiger charge is 2.46. The van der Waals surface area contributed by atoms with Crippen LogP contribution in [0, 0.1) is 6.92 Å². The fourth-order valence-electron chi connectivity index (χ4n) is 5.40. The van der Waals surface area contributed by atoms with Gasteiger partial charge in [0.1, 0.15) is 5.54 Å². The molecule has 1 aromatic heterocycles. The van der Waals surface area contributed by atoms with E-state index in [1.165, 1.54) is 39.1 Å². The van der Waals surface area contributed by atoms with Crippen molar-refractivity contribution < 1.29 is 4.57 Å². The number of hydrogen-bond donors (Lipinski definition) is 0. The Hall–Kier alpha value is -2.09. The molecule has 0 N–H and O–H groups in total. The van der Waals surface area contributed by atoms with Crippen LogP contribution in [-0.2, 0) is 18.0 Å². The summed E-state index contributed by atoms with van der Waals surface area (Å²) in [5, 5.41) is 0. The maximum Gasteiger partial charge on any atom is 0.290 e. The monoisotopic (exact) mass is 361 g/mol. The number of aryl methyl sites for hydroxylation is 2. The van der Waals surface area contributed by atoms with E-state index in [-0.39, 0.29) is 11.0 Å². The van der Waals surface area contributed by atoms with Crippen LogP contribution in [0.4, 0.5) is 0 Å². The quantitative estimate of drug-likeness (QED) is 0.496. The van der Waals surface area contributed by atoms with Crippen molar-refractivity contribution in [2.24, 2.45) is 7.05 Å². The van der Waals surface area contributed by atoms with Gasteiger partial charge >= 0.3 is 0 Å². The number of benzene rings is 2. The minimum Gasteiger partial charge on any atom is -0.226 e. The van der Waals surface area contributed by atoms with E-state index >= 15 is 0 Å². The first-order valence-electron chi connectivity index (χ1n) is 10.2. The Morgan fingerprint density at radius 2 is 1.74 bits per heavy atom. The number of hydrogen-bond acceptors (Lipinski definition) is 0. The number of nitrogens with zero attached hydrogens (tertiary/aromatic N) is 2. The Bertz CT molecular complexity index is 1050. The topological polar surface area (TPSA) is 8.81 Å². The minimum atomic E-state index is 0.0653. The summed E-state index contributed by atoms with van der Waals surface area (Å²) < 4.78 is 5.01. The molecule has 0 amide bonds. The highest BCUT2D eigenvalue weighted by Crippen LogP contribution is 2.43. The van der Waals surface area contributed by atoms with E-state index in [1.807, 2.05) is 0 Å². The first-order chi connectivity index (χ1) is 12.5. The lowest BCUT2D eigenvalue weighted by Crippen LogP contribution is -2.59. The Kier molecular flexibility index (Phi) is 3.86. The van der Waals surface area contributed by atoms with Gasteiger partial charge in [-0.2, -0.15) is 0 Å². The molecule has 0 atom stereocenters. The van der Waals surface area contributed by atoms with Crippen molar-refractivity contribution in [1.29, 1.82) is 0 Å². The van der Waals surface area contributed by atoms with Crippen LogP contribution in [0.2, 0.25) is 0 Å². The molecule has 0 saturated carbocycles. The maximum absolute atomic E-state index is 2.61.